The molecular formula is C12H22O2Si. The number of carbonyl (C=O) groups excluding carboxylic acids is 1. The standard InChI is InChI=1S/C12H22O2Si/c1-12(2,3)9-8-10(11(13)14-4)15(5,6)7/h9H,1-7H3. The van der Waals surface area contributed by atoms with E-state index in [-0.39, 0.29) is 11.4 Å². The van der Waals surface area contributed by atoms with Crippen LogP contribution in [0.5, 0.6) is 0 Å². The minimum atomic E-state index is -1.67. The van der Waals surface area contributed by atoms with Crippen LogP contribution in [-0.2, 0) is 9.53 Å². The van der Waals surface area contributed by atoms with Crippen LogP contribution in [0.25, 0.3) is 0 Å². The lowest BCUT2D eigenvalue weighted by atomic mass is 9.97. The van der Waals surface area contributed by atoms with Crippen molar-refractivity contribution in [1.82, 2.24) is 0 Å². The molecule has 0 radical (unpaired) electrons. The van der Waals surface area contributed by atoms with Crippen LogP contribution in [-0.4, -0.2) is 21.2 Å². The molecule has 0 aromatic rings. The lowest BCUT2D eigenvalue weighted by Gasteiger charge is -2.17. The SMILES string of the molecule is COC(=O)C(=C=CC(C)(C)C)[Si](C)(C)C. The molecule has 0 heterocycles. The smallest absolute Gasteiger partial charge is 0.337 e. The average Bonchev–Trinajstić information content (AvgIpc) is 1.99. The summed E-state index contributed by atoms with van der Waals surface area (Å²) in [7, 11) is -0.253. The predicted molar refractivity (Wildman–Crippen MR) is 66.4 cm³/mol. The maximum Gasteiger partial charge on any atom is 0.337 e. The first-order valence-electron chi connectivity index (χ1n) is 5.14. The first kappa shape index (κ1) is 14.2. The van der Waals surface area contributed by atoms with Crippen molar-refractivity contribution in [1.29, 1.82) is 0 Å². The predicted octanol–water partition coefficient (Wildman–Crippen LogP) is 3.16. The molecule has 0 aliphatic rings. The van der Waals surface area contributed by atoms with E-state index in [1.54, 1.807) is 0 Å². The molecule has 0 aliphatic carbocycles. The Kier molecular flexibility index (Phi) is 4.56. The van der Waals surface area contributed by atoms with Crippen LogP contribution in [0.1, 0.15) is 20.8 Å². The zero-order chi connectivity index (χ0) is 12.3. The van der Waals surface area contributed by atoms with E-state index in [9.17, 15) is 4.79 Å². The van der Waals surface area contributed by atoms with E-state index in [1.165, 1.54) is 7.11 Å². The van der Waals surface area contributed by atoms with Gasteiger partial charge in [-0.25, -0.2) is 4.79 Å². The number of carbonyl (C=O) groups is 1. The number of hydrogen-bond acceptors (Lipinski definition) is 2. The summed E-state index contributed by atoms with van der Waals surface area (Å²) in [5.74, 6) is -0.241. The fraction of sp³-hybridized carbons (Fsp3) is 0.667. The fourth-order valence-electron chi connectivity index (χ4n) is 0.972. The van der Waals surface area contributed by atoms with Gasteiger partial charge in [-0.3, -0.25) is 0 Å². The Morgan fingerprint density at radius 2 is 1.73 bits per heavy atom. The van der Waals surface area contributed by atoms with Crippen molar-refractivity contribution in [3.8, 4) is 0 Å². The Hall–Kier alpha value is -0.793. The van der Waals surface area contributed by atoms with Crippen molar-refractivity contribution in [2.45, 2.75) is 40.4 Å². The van der Waals surface area contributed by atoms with Crippen molar-refractivity contribution in [3.63, 3.8) is 0 Å². The second-order valence-electron chi connectivity index (χ2n) is 5.77. The van der Waals surface area contributed by atoms with Gasteiger partial charge in [0.2, 0.25) is 0 Å². The summed E-state index contributed by atoms with van der Waals surface area (Å²) in [4.78, 5) is 11.6. The van der Waals surface area contributed by atoms with E-state index >= 15 is 0 Å². The normalized spacial score (nSPS) is 11.7. The lowest BCUT2D eigenvalue weighted by Crippen LogP contribution is -2.29. The molecule has 0 N–H and O–H groups in total. The third-order valence-corrected chi connectivity index (χ3v) is 3.64. The van der Waals surface area contributed by atoms with E-state index in [0.717, 1.165) is 5.20 Å². The first-order chi connectivity index (χ1) is 6.58. The monoisotopic (exact) mass is 226 g/mol. The van der Waals surface area contributed by atoms with Gasteiger partial charge in [0, 0.05) is 0 Å². The summed E-state index contributed by atoms with van der Waals surface area (Å²) >= 11 is 0. The summed E-state index contributed by atoms with van der Waals surface area (Å²) in [6.45, 7) is 12.6. The van der Waals surface area contributed by atoms with Gasteiger partial charge < -0.3 is 4.74 Å². The minimum absolute atomic E-state index is 0.0406. The van der Waals surface area contributed by atoms with Crippen molar-refractivity contribution < 1.29 is 9.53 Å². The van der Waals surface area contributed by atoms with E-state index in [1.807, 2.05) is 6.08 Å². The summed E-state index contributed by atoms with van der Waals surface area (Å²) in [5, 5.41) is 0.722. The third kappa shape index (κ3) is 5.60. The molecule has 86 valence electrons. The Morgan fingerprint density at radius 3 is 2.00 bits per heavy atom. The van der Waals surface area contributed by atoms with Crippen LogP contribution in [0.3, 0.4) is 0 Å². The highest BCUT2D eigenvalue weighted by Gasteiger charge is 2.26. The Bertz CT molecular complexity index is 297. The second kappa shape index (κ2) is 4.82. The number of ether oxygens (including phenoxy) is 1. The molecule has 0 rings (SSSR count). The Labute approximate surface area is 94.0 Å². The molecule has 3 heteroatoms. The van der Waals surface area contributed by atoms with Gasteiger partial charge in [-0.1, -0.05) is 40.4 Å². The summed E-state index contributed by atoms with van der Waals surface area (Å²) < 4.78 is 4.78. The van der Waals surface area contributed by atoms with Crippen molar-refractivity contribution in [2.75, 3.05) is 7.11 Å². The van der Waals surface area contributed by atoms with Crippen LogP contribution >= 0.6 is 0 Å². The molecular weight excluding hydrogens is 204 g/mol. The molecule has 0 amide bonds. The number of rotatable bonds is 2. The Balaban J connectivity index is 5.32. The average molecular weight is 226 g/mol. The molecule has 0 aliphatic heterocycles. The first-order valence-corrected chi connectivity index (χ1v) is 8.64. The van der Waals surface area contributed by atoms with Gasteiger partial charge in [0.05, 0.1) is 20.4 Å². The number of esters is 1. The lowest BCUT2D eigenvalue weighted by molar-refractivity contribution is -0.135. The molecule has 0 saturated carbocycles. The zero-order valence-corrected chi connectivity index (χ0v) is 11.9. The largest absolute Gasteiger partial charge is 0.465 e. The molecule has 0 saturated heterocycles. The molecule has 0 aromatic heterocycles. The second-order valence-corrected chi connectivity index (χ2v) is 10.8. The molecule has 15 heavy (non-hydrogen) atoms. The van der Waals surface area contributed by atoms with Gasteiger partial charge in [0.1, 0.15) is 0 Å². The third-order valence-electron chi connectivity index (χ3n) is 1.79. The molecule has 0 fully saturated rings. The van der Waals surface area contributed by atoms with Gasteiger partial charge in [-0.2, -0.15) is 0 Å². The van der Waals surface area contributed by atoms with Crippen LogP contribution < -0.4 is 0 Å². The van der Waals surface area contributed by atoms with Gasteiger partial charge in [0.15, 0.2) is 0 Å². The van der Waals surface area contributed by atoms with Gasteiger partial charge in [-0.15, -0.1) is 5.73 Å². The highest BCUT2D eigenvalue weighted by atomic mass is 28.3. The van der Waals surface area contributed by atoms with Crippen LogP contribution in [0.4, 0.5) is 0 Å². The molecule has 0 bridgehead atoms. The van der Waals surface area contributed by atoms with E-state index < -0.39 is 8.07 Å². The molecule has 0 spiro atoms. The molecule has 2 nitrogen and oxygen atoms in total. The highest BCUT2D eigenvalue weighted by Crippen LogP contribution is 2.18. The van der Waals surface area contributed by atoms with E-state index in [0.29, 0.717) is 0 Å². The number of hydrogen-bond donors (Lipinski definition) is 0. The maximum absolute atomic E-state index is 11.6. The summed E-state index contributed by atoms with van der Waals surface area (Å²) in [6.07, 6.45) is 1.94. The number of methoxy groups -OCH3 is 1. The minimum Gasteiger partial charge on any atom is -0.465 e. The van der Waals surface area contributed by atoms with Crippen LogP contribution in [0.2, 0.25) is 19.6 Å². The van der Waals surface area contributed by atoms with Crippen molar-refractivity contribution >= 4 is 14.0 Å². The van der Waals surface area contributed by atoms with Crippen molar-refractivity contribution in [2.24, 2.45) is 5.41 Å². The van der Waals surface area contributed by atoms with Crippen LogP contribution in [0, 0.1) is 5.41 Å². The van der Waals surface area contributed by atoms with Gasteiger partial charge >= 0.3 is 5.97 Å². The topological polar surface area (TPSA) is 26.3 Å². The quantitative estimate of drug-likeness (QED) is 0.313. The molecule has 0 atom stereocenters. The fourth-order valence-corrected chi connectivity index (χ4v) is 2.19. The Morgan fingerprint density at radius 1 is 1.27 bits per heavy atom. The highest BCUT2D eigenvalue weighted by molar-refractivity contribution is 6.86. The summed E-state index contributed by atoms with van der Waals surface area (Å²) in [6, 6.07) is 0. The van der Waals surface area contributed by atoms with Gasteiger partial charge in [0.25, 0.3) is 0 Å². The van der Waals surface area contributed by atoms with Gasteiger partial charge in [-0.05, 0) is 11.5 Å². The van der Waals surface area contributed by atoms with E-state index in [4.69, 9.17) is 4.74 Å². The molecule has 0 aromatic carbocycles. The van der Waals surface area contributed by atoms with E-state index in [2.05, 4.69) is 46.1 Å². The maximum atomic E-state index is 11.6. The zero-order valence-electron chi connectivity index (χ0n) is 10.9. The molecule has 0 unspecified atom stereocenters. The van der Waals surface area contributed by atoms with Crippen LogP contribution in [0.15, 0.2) is 17.0 Å². The van der Waals surface area contributed by atoms with Crippen molar-refractivity contribution in [3.05, 3.63) is 17.0 Å². The summed E-state index contributed by atoms with van der Waals surface area (Å²) in [5.41, 5.74) is 3.17.